The number of rotatable bonds is 6. The lowest BCUT2D eigenvalue weighted by Crippen LogP contribution is -2.42. The van der Waals surface area contributed by atoms with Crippen LogP contribution in [0.4, 0.5) is 4.39 Å². The zero-order chi connectivity index (χ0) is 12.9. The van der Waals surface area contributed by atoms with Crippen LogP contribution in [0.3, 0.4) is 0 Å². The van der Waals surface area contributed by atoms with Crippen molar-refractivity contribution in [1.29, 1.82) is 0 Å². The summed E-state index contributed by atoms with van der Waals surface area (Å²) in [4.78, 5) is 0. The molecular formula is C14H23FN2. The average Bonchev–Trinajstić information content (AvgIpc) is 2.23. The lowest BCUT2D eigenvalue weighted by atomic mass is 10.00. The Morgan fingerprint density at radius 3 is 2.65 bits per heavy atom. The van der Waals surface area contributed by atoms with Crippen LogP contribution in [0.25, 0.3) is 0 Å². The molecule has 0 aliphatic carbocycles. The molecule has 0 aromatic heterocycles. The molecule has 0 aliphatic heterocycles. The zero-order valence-electron chi connectivity index (χ0n) is 11.0. The van der Waals surface area contributed by atoms with E-state index >= 15 is 0 Å². The first-order valence-electron chi connectivity index (χ1n) is 6.15. The first-order chi connectivity index (χ1) is 7.94. The predicted octanol–water partition coefficient (Wildman–Crippen LogP) is 2.39. The lowest BCUT2D eigenvalue weighted by molar-refractivity contribution is 0.370. The van der Waals surface area contributed by atoms with E-state index in [9.17, 15) is 4.39 Å². The highest BCUT2D eigenvalue weighted by molar-refractivity contribution is 5.24. The molecule has 0 amide bonds. The second-order valence-electron chi connectivity index (χ2n) is 5.18. The SMILES string of the molecule is Cc1cc(CCNC(C)(C)CCN)ccc1F. The predicted molar refractivity (Wildman–Crippen MR) is 70.6 cm³/mol. The third kappa shape index (κ3) is 4.84. The van der Waals surface area contributed by atoms with Gasteiger partial charge < -0.3 is 11.1 Å². The normalized spacial score (nSPS) is 11.8. The molecular weight excluding hydrogens is 215 g/mol. The Kier molecular flexibility index (Phi) is 5.09. The van der Waals surface area contributed by atoms with Gasteiger partial charge in [-0.2, -0.15) is 0 Å². The molecule has 0 spiro atoms. The molecule has 0 radical (unpaired) electrons. The molecule has 17 heavy (non-hydrogen) atoms. The highest BCUT2D eigenvalue weighted by Crippen LogP contribution is 2.11. The molecule has 0 aliphatic rings. The van der Waals surface area contributed by atoms with E-state index in [1.54, 1.807) is 6.92 Å². The van der Waals surface area contributed by atoms with E-state index in [1.165, 1.54) is 11.6 Å². The number of nitrogens with two attached hydrogens (primary N) is 1. The Bertz CT molecular complexity index is 361. The summed E-state index contributed by atoms with van der Waals surface area (Å²) in [6, 6.07) is 5.29. The number of nitrogens with one attached hydrogen (secondary N) is 1. The van der Waals surface area contributed by atoms with Gasteiger partial charge in [0.2, 0.25) is 0 Å². The minimum Gasteiger partial charge on any atom is -0.330 e. The fourth-order valence-corrected chi connectivity index (χ4v) is 1.86. The summed E-state index contributed by atoms with van der Waals surface area (Å²) in [5.74, 6) is -0.134. The molecule has 0 heterocycles. The first kappa shape index (κ1) is 14.1. The van der Waals surface area contributed by atoms with Crippen LogP contribution in [0, 0.1) is 12.7 Å². The summed E-state index contributed by atoms with van der Waals surface area (Å²) in [5, 5.41) is 3.47. The van der Waals surface area contributed by atoms with E-state index in [1.807, 2.05) is 12.1 Å². The third-order valence-electron chi connectivity index (χ3n) is 3.01. The molecule has 0 saturated heterocycles. The fraction of sp³-hybridized carbons (Fsp3) is 0.571. The summed E-state index contributed by atoms with van der Waals surface area (Å²) in [6.07, 6.45) is 1.87. The van der Waals surface area contributed by atoms with Crippen LogP contribution in [0.5, 0.6) is 0 Å². The second-order valence-corrected chi connectivity index (χ2v) is 5.18. The van der Waals surface area contributed by atoms with Gasteiger partial charge in [-0.1, -0.05) is 12.1 Å². The number of hydrogen-bond donors (Lipinski definition) is 2. The number of halogens is 1. The Hall–Kier alpha value is -0.930. The molecule has 1 rings (SSSR count). The van der Waals surface area contributed by atoms with Gasteiger partial charge in [0, 0.05) is 5.54 Å². The van der Waals surface area contributed by atoms with Crippen molar-refractivity contribution in [2.45, 2.75) is 39.2 Å². The largest absolute Gasteiger partial charge is 0.330 e. The number of benzene rings is 1. The van der Waals surface area contributed by atoms with Gasteiger partial charge in [-0.05, 0) is 63.9 Å². The molecule has 0 unspecified atom stereocenters. The van der Waals surface area contributed by atoms with Crippen LogP contribution in [-0.4, -0.2) is 18.6 Å². The molecule has 0 saturated carbocycles. The van der Waals surface area contributed by atoms with Crippen molar-refractivity contribution in [3.63, 3.8) is 0 Å². The molecule has 0 fully saturated rings. The van der Waals surface area contributed by atoms with Gasteiger partial charge in [0.1, 0.15) is 5.82 Å². The summed E-state index contributed by atoms with van der Waals surface area (Å²) in [6.45, 7) is 7.67. The van der Waals surface area contributed by atoms with Crippen LogP contribution in [0.15, 0.2) is 18.2 Å². The fourth-order valence-electron chi connectivity index (χ4n) is 1.86. The molecule has 96 valence electrons. The Morgan fingerprint density at radius 2 is 2.06 bits per heavy atom. The highest BCUT2D eigenvalue weighted by Gasteiger charge is 2.14. The highest BCUT2D eigenvalue weighted by atomic mass is 19.1. The Morgan fingerprint density at radius 1 is 1.35 bits per heavy atom. The Balaban J connectivity index is 2.43. The van der Waals surface area contributed by atoms with Crippen LogP contribution in [-0.2, 0) is 6.42 Å². The van der Waals surface area contributed by atoms with Crippen molar-refractivity contribution in [2.75, 3.05) is 13.1 Å². The summed E-state index contributed by atoms with van der Waals surface area (Å²) < 4.78 is 13.1. The van der Waals surface area contributed by atoms with Gasteiger partial charge in [0.15, 0.2) is 0 Å². The maximum Gasteiger partial charge on any atom is 0.126 e. The molecule has 3 N–H and O–H groups in total. The summed E-state index contributed by atoms with van der Waals surface area (Å²) in [5.41, 5.74) is 7.50. The summed E-state index contributed by atoms with van der Waals surface area (Å²) >= 11 is 0. The topological polar surface area (TPSA) is 38.0 Å². The molecule has 0 atom stereocenters. The van der Waals surface area contributed by atoms with Crippen LogP contribution in [0.2, 0.25) is 0 Å². The number of aryl methyl sites for hydroxylation is 1. The van der Waals surface area contributed by atoms with Gasteiger partial charge in [-0.15, -0.1) is 0 Å². The first-order valence-corrected chi connectivity index (χ1v) is 6.15. The standard InChI is InChI=1S/C14H23FN2/c1-11-10-12(4-5-13(11)15)6-9-17-14(2,3)7-8-16/h4-5,10,17H,6-9,16H2,1-3H3. The molecule has 0 bridgehead atoms. The van der Waals surface area contributed by atoms with Gasteiger partial charge in [0.25, 0.3) is 0 Å². The quantitative estimate of drug-likeness (QED) is 0.798. The third-order valence-corrected chi connectivity index (χ3v) is 3.01. The van der Waals surface area contributed by atoms with Crippen molar-refractivity contribution in [3.8, 4) is 0 Å². The lowest BCUT2D eigenvalue weighted by Gasteiger charge is -2.25. The molecule has 1 aromatic rings. The zero-order valence-corrected chi connectivity index (χ0v) is 11.0. The van der Waals surface area contributed by atoms with Gasteiger partial charge in [-0.3, -0.25) is 0 Å². The maximum atomic E-state index is 13.1. The van der Waals surface area contributed by atoms with Crippen LogP contribution in [0.1, 0.15) is 31.4 Å². The van der Waals surface area contributed by atoms with Gasteiger partial charge >= 0.3 is 0 Å². The van der Waals surface area contributed by atoms with Crippen molar-refractivity contribution in [1.82, 2.24) is 5.32 Å². The minimum atomic E-state index is -0.134. The second kappa shape index (κ2) is 6.12. The van der Waals surface area contributed by atoms with Crippen LogP contribution < -0.4 is 11.1 Å². The van der Waals surface area contributed by atoms with Crippen molar-refractivity contribution < 1.29 is 4.39 Å². The van der Waals surface area contributed by atoms with E-state index < -0.39 is 0 Å². The van der Waals surface area contributed by atoms with Crippen molar-refractivity contribution in [2.24, 2.45) is 5.73 Å². The number of hydrogen-bond acceptors (Lipinski definition) is 2. The molecule has 3 heteroatoms. The van der Waals surface area contributed by atoms with Gasteiger partial charge in [-0.25, -0.2) is 4.39 Å². The van der Waals surface area contributed by atoms with Crippen LogP contribution >= 0.6 is 0 Å². The smallest absolute Gasteiger partial charge is 0.126 e. The molecule has 2 nitrogen and oxygen atoms in total. The van der Waals surface area contributed by atoms with E-state index in [-0.39, 0.29) is 11.4 Å². The summed E-state index contributed by atoms with van der Waals surface area (Å²) in [7, 11) is 0. The maximum absolute atomic E-state index is 13.1. The van der Waals surface area contributed by atoms with E-state index in [0.29, 0.717) is 12.1 Å². The molecule has 1 aromatic carbocycles. The Labute approximate surface area is 103 Å². The van der Waals surface area contributed by atoms with E-state index in [2.05, 4.69) is 19.2 Å². The average molecular weight is 238 g/mol. The minimum absolute atomic E-state index is 0.0732. The van der Waals surface area contributed by atoms with Crippen molar-refractivity contribution in [3.05, 3.63) is 35.1 Å². The van der Waals surface area contributed by atoms with E-state index in [0.717, 1.165) is 19.4 Å². The van der Waals surface area contributed by atoms with Crippen molar-refractivity contribution >= 4 is 0 Å². The van der Waals surface area contributed by atoms with E-state index in [4.69, 9.17) is 5.73 Å². The van der Waals surface area contributed by atoms with Gasteiger partial charge in [0.05, 0.1) is 0 Å². The monoisotopic (exact) mass is 238 g/mol.